The van der Waals surface area contributed by atoms with E-state index in [1.165, 1.54) is 80.4 Å². The van der Waals surface area contributed by atoms with Crippen molar-refractivity contribution in [3.8, 4) is 11.6 Å². The van der Waals surface area contributed by atoms with Crippen LogP contribution in [0.1, 0.15) is 36.8 Å². The maximum absolute atomic E-state index is 4.89. The van der Waals surface area contributed by atoms with Crippen LogP contribution < -0.4 is 0 Å². The third-order valence-electron chi connectivity index (χ3n) is 8.92. The summed E-state index contributed by atoms with van der Waals surface area (Å²) in [7, 11) is 0. The number of benzene rings is 4. The van der Waals surface area contributed by atoms with Crippen molar-refractivity contribution < 1.29 is 0 Å². The van der Waals surface area contributed by atoms with Gasteiger partial charge in [-0.25, -0.2) is 9.97 Å². The van der Waals surface area contributed by atoms with E-state index in [2.05, 4.69) is 143 Å². The van der Waals surface area contributed by atoms with Gasteiger partial charge in [-0.05, 0) is 73.2 Å². The van der Waals surface area contributed by atoms with Crippen molar-refractivity contribution in [1.82, 2.24) is 19.1 Å². The maximum atomic E-state index is 4.89. The summed E-state index contributed by atoms with van der Waals surface area (Å²) in [5.41, 5.74) is 7.41. The van der Waals surface area contributed by atoms with E-state index in [1.54, 1.807) is 0 Å². The molecule has 4 heteroatoms. The molecule has 0 saturated heterocycles. The predicted molar refractivity (Wildman–Crippen MR) is 183 cm³/mol. The highest BCUT2D eigenvalue weighted by molar-refractivity contribution is 6.09. The number of aryl methyl sites for hydroxylation is 2. The van der Waals surface area contributed by atoms with Gasteiger partial charge in [0.2, 0.25) is 0 Å². The van der Waals surface area contributed by atoms with Crippen molar-refractivity contribution in [2.75, 3.05) is 0 Å². The minimum atomic E-state index is 0.976. The van der Waals surface area contributed by atoms with Gasteiger partial charge in [0.1, 0.15) is 11.6 Å². The number of hydrogen-bond donors (Lipinski definition) is 0. The van der Waals surface area contributed by atoms with Gasteiger partial charge in [-0.2, -0.15) is 0 Å². The Morgan fingerprint density at radius 1 is 0.364 bits per heavy atom. The molecule has 0 spiro atoms. The van der Waals surface area contributed by atoms with E-state index in [1.807, 2.05) is 0 Å². The van der Waals surface area contributed by atoms with Crippen molar-refractivity contribution in [3.63, 3.8) is 0 Å². The highest BCUT2D eigenvalue weighted by Crippen LogP contribution is 2.32. The highest BCUT2D eigenvalue weighted by atomic mass is 15.1. The van der Waals surface area contributed by atoms with Crippen LogP contribution in [0, 0.1) is 0 Å². The summed E-state index contributed by atoms with van der Waals surface area (Å²) in [5.74, 6) is 1.95. The fourth-order valence-electron chi connectivity index (χ4n) is 6.74. The number of unbranched alkanes of at least 4 members (excludes halogenated alkanes) is 3. The monoisotopic (exact) mass is 570 g/mol. The second-order valence-electron chi connectivity index (χ2n) is 11.7. The Morgan fingerprint density at radius 3 is 1.02 bits per heavy atom. The second-order valence-corrected chi connectivity index (χ2v) is 11.7. The first-order valence-electron chi connectivity index (χ1n) is 15.7. The lowest BCUT2D eigenvalue weighted by Gasteiger charge is -2.09. The number of nitrogens with zero attached hydrogens (tertiary/aromatic N) is 4. The summed E-state index contributed by atoms with van der Waals surface area (Å²) in [6.07, 6.45) is 11.1. The van der Waals surface area contributed by atoms with Crippen LogP contribution in [0.5, 0.6) is 0 Å². The molecule has 44 heavy (non-hydrogen) atoms. The largest absolute Gasteiger partial charge is 0.294 e. The molecule has 0 atom stereocenters. The first kappa shape index (κ1) is 26.4. The minimum absolute atomic E-state index is 0.976. The molecule has 4 aromatic carbocycles. The highest BCUT2D eigenvalue weighted by Gasteiger charge is 2.13. The number of hydrogen-bond acceptors (Lipinski definition) is 2. The van der Waals surface area contributed by atoms with Gasteiger partial charge >= 0.3 is 0 Å². The van der Waals surface area contributed by atoms with Gasteiger partial charge in [0.25, 0.3) is 0 Å². The van der Waals surface area contributed by atoms with Gasteiger partial charge in [0.05, 0.1) is 22.1 Å². The summed E-state index contributed by atoms with van der Waals surface area (Å²) in [5, 5.41) is 5.07. The number of aromatic nitrogens is 4. The molecular weight excluding hydrogens is 536 g/mol. The zero-order chi connectivity index (χ0) is 29.3. The fraction of sp³-hybridized carbons (Fsp3) is 0.150. The first-order valence-corrected chi connectivity index (χ1v) is 15.7. The van der Waals surface area contributed by atoms with Gasteiger partial charge in [0, 0.05) is 33.9 Å². The second kappa shape index (κ2) is 11.5. The topological polar surface area (TPSA) is 35.6 Å². The van der Waals surface area contributed by atoms with Crippen LogP contribution in [0.3, 0.4) is 0 Å². The standard InChI is InChI=1S/C40H34N4/c1(3-13-29-23-25-39(41-27-29)43-35-19-9-5-15-31(35)32-16-6-10-20-36(32)43)2-4-14-30-24-26-40(42-28-30)44-37-21-11-7-17-33(37)34-18-8-12-22-38(34)44/h5-12,15-28H,1-4,13-14H2. The number of para-hydroxylation sites is 4. The molecule has 0 radical (unpaired) electrons. The molecule has 0 aliphatic rings. The van der Waals surface area contributed by atoms with E-state index in [0.717, 1.165) is 24.5 Å². The van der Waals surface area contributed by atoms with E-state index in [0.29, 0.717) is 0 Å². The molecule has 0 aliphatic carbocycles. The molecule has 4 aromatic heterocycles. The summed E-state index contributed by atoms with van der Waals surface area (Å²) < 4.78 is 4.55. The van der Waals surface area contributed by atoms with Crippen molar-refractivity contribution in [2.24, 2.45) is 0 Å². The average molecular weight is 571 g/mol. The average Bonchev–Trinajstić information content (AvgIpc) is 3.60. The van der Waals surface area contributed by atoms with Crippen LogP contribution in [0.2, 0.25) is 0 Å². The molecule has 0 bridgehead atoms. The Labute approximate surface area is 257 Å². The first-order chi connectivity index (χ1) is 21.8. The molecule has 4 heterocycles. The predicted octanol–water partition coefficient (Wildman–Crippen LogP) is 10.0. The Bertz CT molecular complexity index is 1950. The lowest BCUT2D eigenvalue weighted by Crippen LogP contribution is -1.98. The summed E-state index contributed by atoms with van der Waals surface area (Å²) >= 11 is 0. The molecule has 0 N–H and O–H groups in total. The van der Waals surface area contributed by atoms with Gasteiger partial charge in [-0.15, -0.1) is 0 Å². The third-order valence-corrected chi connectivity index (χ3v) is 8.92. The Balaban J connectivity index is 0.867. The quantitative estimate of drug-likeness (QED) is 0.162. The third kappa shape index (κ3) is 4.73. The Kier molecular flexibility index (Phi) is 6.88. The van der Waals surface area contributed by atoms with Crippen molar-refractivity contribution in [1.29, 1.82) is 0 Å². The molecule has 8 rings (SSSR count). The minimum Gasteiger partial charge on any atom is -0.294 e. The number of rotatable bonds is 9. The number of pyridine rings is 2. The van der Waals surface area contributed by atoms with Crippen molar-refractivity contribution >= 4 is 43.6 Å². The maximum Gasteiger partial charge on any atom is 0.137 e. The molecule has 0 fully saturated rings. The van der Waals surface area contributed by atoms with Crippen LogP contribution in [-0.4, -0.2) is 19.1 Å². The molecule has 0 amide bonds. The van der Waals surface area contributed by atoms with Crippen molar-refractivity contribution in [2.45, 2.75) is 38.5 Å². The zero-order valence-electron chi connectivity index (χ0n) is 24.7. The van der Waals surface area contributed by atoms with Crippen LogP contribution in [0.15, 0.2) is 134 Å². The van der Waals surface area contributed by atoms with E-state index >= 15 is 0 Å². The van der Waals surface area contributed by atoms with E-state index in [9.17, 15) is 0 Å². The van der Waals surface area contributed by atoms with Gasteiger partial charge < -0.3 is 0 Å². The van der Waals surface area contributed by atoms with Gasteiger partial charge in [-0.3, -0.25) is 9.13 Å². The Hall–Kier alpha value is -5.22. The van der Waals surface area contributed by atoms with Crippen LogP contribution >= 0.6 is 0 Å². The van der Waals surface area contributed by atoms with E-state index in [-0.39, 0.29) is 0 Å². The molecule has 8 aromatic rings. The molecule has 4 nitrogen and oxygen atoms in total. The van der Waals surface area contributed by atoms with Crippen LogP contribution in [0.25, 0.3) is 55.2 Å². The summed E-state index contributed by atoms with van der Waals surface area (Å²) in [6.45, 7) is 0. The van der Waals surface area contributed by atoms with Crippen LogP contribution in [0.4, 0.5) is 0 Å². The lowest BCUT2D eigenvalue weighted by atomic mass is 10.0. The fourth-order valence-corrected chi connectivity index (χ4v) is 6.74. The Morgan fingerprint density at radius 2 is 0.705 bits per heavy atom. The molecule has 214 valence electrons. The van der Waals surface area contributed by atoms with E-state index < -0.39 is 0 Å². The van der Waals surface area contributed by atoms with Crippen molar-refractivity contribution in [3.05, 3.63) is 145 Å². The zero-order valence-corrected chi connectivity index (χ0v) is 24.7. The normalized spacial score (nSPS) is 11.7. The lowest BCUT2D eigenvalue weighted by molar-refractivity contribution is 0.639. The van der Waals surface area contributed by atoms with Crippen LogP contribution in [-0.2, 0) is 12.8 Å². The SMILES string of the molecule is c1ccc2c(c1)c1ccccc1n2-c1ccc(CCCCCCc2ccc(-n3c4ccccc4c4ccccc43)nc2)cn1. The summed E-state index contributed by atoms with van der Waals surface area (Å²) in [6, 6.07) is 43.2. The molecule has 0 saturated carbocycles. The smallest absolute Gasteiger partial charge is 0.137 e. The van der Waals surface area contributed by atoms with Gasteiger partial charge in [0.15, 0.2) is 0 Å². The van der Waals surface area contributed by atoms with E-state index in [4.69, 9.17) is 9.97 Å². The number of fused-ring (bicyclic) bond motifs is 6. The molecular formula is C40H34N4. The van der Waals surface area contributed by atoms with Gasteiger partial charge in [-0.1, -0.05) is 97.8 Å². The summed E-state index contributed by atoms with van der Waals surface area (Å²) in [4.78, 5) is 9.78. The molecule has 0 unspecified atom stereocenters. The molecule has 0 aliphatic heterocycles.